The van der Waals surface area contributed by atoms with Crippen LogP contribution in [-0.4, -0.2) is 39.4 Å². The van der Waals surface area contributed by atoms with E-state index in [1.54, 1.807) is 31.2 Å². The molecule has 12 nitrogen and oxygen atoms in total. The van der Waals surface area contributed by atoms with Gasteiger partial charge in [0.2, 0.25) is 0 Å². The monoisotopic (exact) mass is 497 g/mol. The van der Waals surface area contributed by atoms with E-state index in [9.17, 15) is 24.0 Å². The van der Waals surface area contributed by atoms with E-state index < -0.39 is 41.7 Å². The van der Waals surface area contributed by atoms with E-state index in [-0.39, 0.29) is 31.0 Å². The first-order chi connectivity index (χ1) is 17.3. The zero-order valence-corrected chi connectivity index (χ0v) is 20.0. The Kier molecular flexibility index (Phi) is 8.10. The Morgan fingerprint density at radius 3 is 2.03 bits per heavy atom. The molecule has 0 radical (unpaired) electrons. The van der Waals surface area contributed by atoms with E-state index in [1.807, 2.05) is 0 Å². The predicted molar refractivity (Wildman–Crippen MR) is 131 cm³/mol. The third-order valence-corrected chi connectivity index (χ3v) is 5.42. The Morgan fingerprint density at radius 1 is 0.972 bits per heavy atom. The van der Waals surface area contributed by atoms with Gasteiger partial charge in [-0.2, -0.15) is 0 Å². The molecule has 12 heteroatoms. The quantitative estimate of drug-likeness (QED) is 0.358. The number of aromatic nitrogens is 3. The molecule has 1 aliphatic rings. The highest BCUT2D eigenvalue weighted by Gasteiger charge is 2.34. The Balaban J connectivity index is 2.25. The van der Waals surface area contributed by atoms with Crippen LogP contribution in [-0.2, 0) is 29.2 Å². The molecule has 1 aromatic carbocycles. The van der Waals surface area contributed by atoms with Crippen LogP contribution in [0.2, 0.25) is 0 Å². The number of rotatable bonds is 10. The molecule has 1 aliphatic heterocycles. The molecule has 0 fully saturated rings. The second-order valence-corrected chi connectivity index (χ2v) is 7.65. The van der Waals surface area contributed by atoms with Crippen LogP contribution in [0.25, 0.3) is 0 Å². The molecular weight excluding hydrogens is 470 g/mol. The van der Waals surface area contributed by atoms with E-state index >= 15 is 0 Å². The van der Waals surface area contributed by atoms with Gasteiger partial charge < -0.3 is 20.1 Å². The van der Waals surface area contributed by atoms with Crippen LogP contribution in [0.3, 0.4) is 0 Å². The highest BCUT2D eigenvalue weighted by atomic mass is 16.5. The average molecular weight is 498 g/mol. The molecule has 1 atom stereocenters. The van der Waals surface area contributed by atoms with Gasteiger partial charge in [0.05, 0.1) is 50.7 Å². The lowest BCUT2D eigenvalue weighted by Gasteiger charge is -2.29. The van der Waals surface area contributed by atoms with Gasteiger partial charge >= 0.3 is 29.1 Å². The van der Waals surface area contributed by atoms with Crippen LogP contribution in [0.5, 0.6) is 5.75 Å². The highest BCUT2D eigenvalue weighted by molar-refractivity contribution is 5.95. The average Bonchev–Trinajstić information content (AvgIpc) is 2.87. The third-order valence-electron chi connectivity index (χ3n) is 5.42. The van der Waals surface area contributed by atoms with Crippen LogP contribution in [0.4, 0.5) is 4.79 Å². The maximum absolute atomic E-state index is 13.1. The van der Waals surface area contributed by atoms with Crippen molar-refractivity contribution in [3.8, 4) is 5.75 Å². The van der Waals surface area contributed by atoms with E-state index in [0.29, 0.717) is 11.3 Å². The molecule has 3 rings (SSSR count). The van der Waals surface area contributed by atoms with Crippen molar-refractivity contribution in [3.63, 3.8) is 0 Å². The Bertz CT molecular complexity index is 1350. The molecule has 0 spiro atoms. The predicted octanol–water partition coefficient (Wildman–Crippen LogP) is 0.424. The van der Waals surface area contributed by atoms with Crippen molar-refractivity contribution in [2.24, 2.45) is 0 Å². The topological polar surface area (TPSA) is 143 Å². The molecule has 2 heterocycles. The standard InChI is InChI=1S/C24H27N5O7/c1-5-12-27-22(32)28(13-6-2)24(34)29(23(27)33)14-17-18(20(30)36-7-3)19(26-21(31)25-17)15-8-10-16(35-4)11-9-15/h5-6,8-11,19H,1-2,7,12-14H2,3-4H3,(H2,25,26,31)/t19-/m0/s1. The second kappa shape index (κ2) is 11.2. The molecule has 1 aromatic heterocycles. The summed E-state index contributed by atoms with van der Waals surface area (Å²) in [5.41, 5.74) is -2.15. The number of allylic oxidation sites excluding steroid dienone is 3. The molecule has 190 valence electrons. The third kappa shape index (κ3) is 5.06. The fourth-order valence-electron chi connectivity index (χ4n) is 3.79. The van der Waals surface area contributed by atoms with Crippen LogP contribution in [0, 0.1) is 0 Å². The summed E-state index contributed by atoms with van der Waals surface area (Å²) < 4.78 is 12.8. The number of urea groups is 1. The van der Waals surface area contributed by atoms with Gasteiger partial charge in [0.15, 0.2) is 0 Å². The summed E-state index contributed by atoms with van der Waals surface area (Å²) in [7, 11) is 1.51. The first-order valence-electron chi connectivity index (χ1n) is 11.0. The van der Waals surface area contributed by atoms with E-state index in [1.165, 1.54) is 19.3 Å². The van der Waals surface area contributed by atoms with Crippen LogP contribution >= 0.6 is 0 Å². The number of methoxy groups -OCH3 is 1. The maximum Gasteiger partial charge on any atom is 0.338 e. The van der Waals surface area contributed by atoms with Crippen molar-refractivity contribution in [2.45, 2.75) is 32.6 Å². The summed E-state index contributed by atoms with van der Waals surface area (Å²) in [4.78, 5) is 64.5. The summed E-state index contributed by atoms with van der Waals surface area (Å²) in [6, 6.07) is 5.06. The number of esters is 1. The van der Waals surface area contributed by atoms with Gasteiger partial charge in [-0.1, -0.05) is 24.3 Å². The summed E-state index contributed by atoms with van der Waals surface area (Å²) in [5, 5.41) is 5.19. The van der Waals surface area contributed by atoms with Gasteiger partial charge in [-0.15, -0.1) is 13.2 Å². The van der Waals surface area contributed by atoms with Crippen molar-refractivity contribution in [2.75, 3.05) is 13.7 Å². The first-order valence-corrected chi connectivity index (χ1v) is 11.0. The summed E-state index contributed by atoms with van der Waals surface area (Å²) in [5.74, 6) is -0.181. The van der Waals surface area contributed by atoms with Crippen molar-refractivity contribution >= 4 is 12.0 Å². The molecule has 2 amide bonds. The number of hydrogen-bond donors (Lipinski definition) is 2. The lowest BCUT2D eigenvalue weighted by atomic mass is 9.95. The molecule has 2 N–H and O–H groups in total. The molecule has 0 unspecified atom stereocenters. The molecule has 2 aromatic rings. The fourth-order valence-corrected chi connectivity index (χ4v) is 3.79. The Labute approximate surface area is 205 Å². The van der Waals surface area contributed by atoms with Crippen molar-refractivity contribution in [1.82, 2.24) is 24.3 Å². The van der Waals surface area contributed by atoms with Gasteiger partial charge in [0.25, 0.3) is 0 Å². The van der Waals surface area contributed by atoms with E-state index in [2.05, 4.69) is 23.8 Å². The SMILES string of the molecule is C=CCn1c(=O)n(CC=C)c(=O)n(CC2=C(C(=O)OCC)[C@H](c3ccc(OC)cc3)NC(=O)N2)c1=O. The normalized spacial score (nSPS) is 15.1. The Morgan fingerprint density at radius 2 is 1.53 bits per heavy atom. The zero-order chi connectivity index (χ0) is 26.4. The summed E-state index contributed by atoms with van der Waals surface area (Å²) in [6.07, 6.45) is 2.68. The van der Waals surface area contributed by atoms with Gasteiger partial charge in [-0.3, -0.25) is 0 Å². The minimum absolute atomic E-state index is 0.00431. The Hall–Kier alpha value is -4.61. The number of ether oxygens (including phenoxy) is 2. The smallest absolute Gasteiger partial charge is 0.338 e. The van der Waals surface area contributed by atoms with Crippen molar-refractivity contribution in [1.29, 1.82) is 0 Å². The van der Waals surface area contributed by atoms with Gasteiger partial charge in [-0.25, -0.2) is 37.7 Å². The summed E-state index contributed by atoms with van der Waals surface area (Å²) >= 11 is 0. The molecule has 0 saturated carbocycles. The molecule has 0 bridgehead atoms. The lowest BCUT2D eigenvalue weighted by Crippen LogP contribution is -2.55. The largest absolute Gasteiger partial charge is 0.497 e. The number of carbonyl (C=O) groups is 2. The lowest BCUT2D eigenvalue weighted by molar-refractivity contribution is -0.139. The first kappa shape index (κ1) is 26.0. The molecule has 0 saturated heterocycles. The number of hydrogen-bond acceptors (Lipinski definition) is 7. The van der Waals surface area contributed by atoms with Gasteiger partial charge in [-0.05, 0) is 24.6 Å². The van der Waals surface area contributed by atoms with Crippen LogP contribution < -0.4 is 32.4 Å². The summed E-state index contributed by atoms with van der Waals surface area (Å²) in [6.45, 7) is 7.96. The molecule has 0 aliphatic carbocycles. The van der Waals surface area contributed by atoms with Crippen LogP contribution in [0.1, 0.15) is 18.5 Å². The van der Waals surface area contributed by atoms with E-state index in [4.69, 9.17) is 9.47 Å². The van der Waals surface area contributed by atoms with Crippen molar-refractivity contribution in [3.05, 3.63) is 97.9 Å². The minimum atomic E-state index is -0.941. The maximum atomic E-state index is 13.1. The van der Waals surface area contributed by atoms with Crippen LogP contribution in [0.15, 0.2) is 75.2 Å². The second-order valence-electron chi connectivity index (χ2n) is 7.65. The van der Waals surface area contributed by atoms with E-state index in [0.717, 1.165) is 13.7 Å². The van der Waals surface area contributed by atoms with Gasteiger partial charge in [0.1, 0.15) is 5.75 Å². The fraction of sp³-hybridized carbons (Fsp3) is 0.292. The number of nitrogens with zero attached hydrogens (tertiary/aromatic N) is 3. The van der Waals surface area contributed by atoms with Crippen molar-refractivity contribution < 1.29 is 19.1 Å². The number of benzene rings is 1. The number of nitrogens with one attached hydrogen (secondary N) is 2. The molecular formula is C24H27N5O7. The zero-order valence-electron chi connectivity index (χ0n) is 20.0. The molecule has 36 heavy (non-hydrogen) atoms. The highest BCUT2D eigenvalue weighted by Crippen LogP contribution is 2.29. The number of carbonyl (C=O) groups excluding carboxylic acids is 2. The minimum Gasteiger partial charge on any atom is -0.497 e. The number of amides is 2. The van der Waals surface area contributed by atoms with Gasteiger partial charge in [0, 0.05) is 0 Å².